The fourth-order valence-electron chi connectivity index (χ4n) is 1.83. The third kappa shape index (κ3) is 5.07. The summed E-state index contributed by atoms with van der Waals surface area (Å²) in [5, 5.41) is 13.4. The van der Waals surface area contributed by atoms with Crippen LogP contribution in [0.4, 0.5) is 0 Å². The number of nitrogens with one attached hydrogen (secondary N) is 1. The predicted molar refractivity (Wildman–Crippen MR) is 86.9 cm³/mol. The highest BCUT2D eigenvalue weighted by atomic mass is 32.1. The third-order valence-electron chi connectivity index (χ3n) is 3.10. The van der Waals surface area contributed by atoms with E-state index in [0.717, 1.165) is 5.56 Å². The van der Waals surface area contributed by atoms with Gasteiger partial charge in [0.1, 0.15) is 10.8 Å². The van der Waals surface area contributed by atoms with E-state index < -0.39 is 5.97 Å². The maximum Gasteiger partial charge on any atom is 0.355 e. The van der Waals surface area contributed by atoms with E-state index in [2.05, 4.69) is 24.1 Å². The van der Waals surface area contributed by atoms with Crippen LogP contribution < -0.4 is 10.1 Å². The number of aromatic carboxylic acids is 1. The number of carbonyl (C=O) groups is 2. The Morgan fingerprint density at radius 1 is 1.39 bits per heavy atom. The minimum Gasteiger partial charge on any atom is -0.484 e. The molecular weight excluding hydrogens is 316 g/mol. The molecule has 7 heteroatoms. The molecule has 0 aliphatic rings. The molecule has 122 valence electrons. The van der Waals surface area contributed by atoms with Gasteiger partial charge in [-0.1, -0.05) is 26.0 Å². The molecule has 0 aliphatic heterocycles. The summed E-state index contributed by atoms with van der Waals surface area (Å²) in [6, 6.07) is 7.63. The van der Waals surface area contributed by atoms with Gasteiger partial charge in [-0.15, -0.1) is 11.3 Å². The van der Waals surface area contributed by atoms with Crippen molar-refractivity contribution in [2.45, 2.75) is 26.3 Å². The number of aromatic nitrogens is 1. The third-order valence-corrected chi connectivity index (χ3v) is 3.95. The van der Waals surface area contributed by atoms with Crippen LogP contribution in [0.3, 0.4) is 0 Å². The van der Waals surface area contributed by atoms with Crippen molar-refractivity contribution < 1.29 is 19.4 Å². The predicted octanol–water partition coefficient (Wildman–Crippen LogP) is 2.66. The van der Waals surface area contributed by atoms with Crippen molar-refractivity contribution in [1.82, 2.24) is 10.3 Å². The number of ether oxygens (including phenoxy) is 1. The highest BCUT2D eigenvalue weighted by Gasteiger charge is 2.10. The highest BCUT2D eigenvalue weighted by Crippen LogP contribution is 2.20. The monoisotopic (exact) mass is 334 g/mol. The first kappa shape index (κ1) is 17.0. The molecule has 2 N–H and O–H groups in total. The number of benzene rings is 1. The molecule has 0 atom stereocenters. The second-order valence-corrected chi connectivity index (χ2v) is 6.17. The van der Waals surface area contributed by atoms with E-state index >= 15 is 0 Å². The number of thiazole rings is 1. The van der Waals surface area contributed by atoms with Crippen molar-refractivity contribution in [3.63, 3.8) is 0 Å². The van der Waals surface area contributed by atoms with Gasteiger partial charge in [0.25, 0.3) is 5.91 Å². The van der Waals surface area contributed by atoms with E-state index in [1.165, 1.54) is 16.7 Å². The van der Waals surface area contributed by atoms with E-state index in [1.807, 2.05) is 18.2 Å². The fourth-order valence-corrected chi connectivity index (χ4v) is 2.54. The first-order valence-electron chi connectivity index (χ1n) is 7.13. The molecule has 1 amide bonds. The van der Waals surface area contributed by atoms with Gasteiger partial charge in [0.05, 0.1) is 6.54 Å². The average Bonchev–Trinajstić information content (AvgIpc) is 3.00. The number of carboxylic acid groups (broad SMARTS) is 1. The smallest absolute Gasteiger partial charge is 0.355 e. The van der Waals surface area contributed by atoms with Crippen molar-refractivity contribution >= 4 is 23.2 Å². The molecular formula is C16H18N2O4S. The maximum atomic E-state index is 11.8. The van der Waals surface area contributed by atoms with Gasteiger partial charge in [0.2, 0.25) is 0 Å². The number of hydrogen-bond acceptors (Lipinski definition) is 5. The minimum atomic E-state index is -1.08. The van der Waals surface area contributed by atoms with E-state index in [1.54, 1.807) is 6.07 Å². The molecule has 0 saturated heterocycles. The molecule has 2 aromatic rings. The zero-order valence-electron chi connectivity index (χ0n) is 12.9. The molecule has 23 heavy (non-hydrogen) atoms. The standard InChI is InChI=1S/C16H18N2O4S/c1-10(2)11-4-3-5-12(6-11)22-8-14(19)17-7-15-18-13(9-23-15)16(20)21/h3-6,9-10H,7-8H2,1-2H3,(H,17,19)(H,20,21). The van der Waals surface area contributed by atoms with Gasteiger partial charge in [-0.25, -0.2) is 9.78 Å². The molecule has 0 radical (unpaired) electrons. The fraction of sp³-hybridized carbons (Fsp3) is 0.312. The Balaban J connectivity index is 1.80. The molecule has 0 unspecified atom stereocenters. The van der Waals surface area contributed by atoms with Gasteiger partial charge >= 0.3 is 5.97 Å². The lowest BCUT2D eigenvalue weighted by atomic mass is 10.0. The SMILES string of the molecule is CC(C)c1cccc(OCC(=O)NCc2nc(C(=O)O)cs2)c1. The van der Waals surface area contributed by atoms with Crippen LogP contribution >= 0.6 is 11.3 Å². The van der Waals surface area contributed by atoms with Gasteiger partial charge in [-0.3, -0.25) is 4.79 Å². The van der Waals surface area contributed by atoms with Crippen LogP contribution in [-0.2, 0) is 11.3 Å². The Bertz CT molecular complexity index is 697. The van der Waals surface area contributed by atoms with Crippen molar-refractivity contribution in [1.29, 1.82) is 0 Å². The summed E-state index contributed by atoms with van der Waals surface area (Å²) in [5.74, 6) is -0.325. The number of amides is 1. The first-order chi connectivity index (χ1) is 11.0. The molecule has 0 bridgehead atoms. The van der Waals surface area contributed by atoms with E-state index in [9.17, 15) is 9.59 Å². The topological polar surface area (TPSA) is 88.5 Å². The number of rotatable bonds is 7. The summed E-state index contributed by atoms with van der Waals surface area (Å²) in [6.07, 6.45) is 0. The second kappa shape index (κ2) is 7.73. The van der Waals surface area contributed by atoms with Gasteiger partial charge in [-0.05, 0) is 23.6 Å². The quantitative estimate of drug-likeness (QED) is 0.812. The summed E-state index contributed by atoms with van der Waals surface area (Å²) in [4.78, 5) is 26.4. The number of carboxylic acids is 1. The van der Waals surface area contributed by atoms with E-state index in [0.29, 0.717) is 16.7 Å². The normalized spacial score (nSPS) is 10.6. The van der Waals surface area contributed by atoms with Crippen LogP contribution in [0.25, 0.3) is 0 Å². The zero-order chi connectivity index (χ0) is 16.8. The number of hydrogen-bond donors (Lipinski definition) is 2. The molecule has 0 aliphatic carbocycles. The summed E-state index contributed by atoms with van der Waals surface area (Å²) in [5.41, 5.74) is 1.13. The van der Waals surface area contributed by atoms with Crippen LogP contribution in [0.1, 0.15) is 40.8 Å². The van der Waals surface area contributed by atoms with E-state index in [-0.39, 0.29) is 24.8 Å². The summed E-state index contributed by atoms with van der Waals surface area (Å²) in [6.45, 7) is 4.27. The second-order valence-electron chi connectivity index (χ2n) is 5.22. The van der Waals surface area contributed by atoms with Crippen molar-refractivity contribution in [3.05, 3.63) is 45.9 Å². The summed E-state index contributed by atoms with van der Waals surface area (Å²) in [7, 11) is 0. The number of carbonyl (C=O) groups excluding carboxylic acids is 1. The molecule has 6 nitrogen and oxygen atoms in total. The van der Waals surface area contributed by atoms with Gasteiger partial charge in [0, 0.05) is 5.38 Å². The van der Waals surface area contributed by atoms with Crippen LogP contribution in [-0.4, -0.2) is 28.6 Å². The Morgan fingerprint density at radius 2 is 2.17 bits per heavy atom. The lowest BCUT2D eigenvalue weighted by Crippen LogP contribution is -2.28. The van der Waals surface area contributed by atoms with E-state index in [4.69, 9.17) is 9.84 Å². The summed E-state index contributed by atoms with van der Waals surface area (Å²) < 4.78 is 5.47. The average molecular weight is 334 g/mol. The van der Waals surface area contributed by atoms with Gasteiger partial charge in [0.15, 0.2) is 12.3 Å². The molecule has 0 saturated carbocycles. The molecule has 0 spiro atoms. The molecule has 1 aromatic carbocycles. The lowest BCUT2D eigenvalue weighted by Gasteiger charge is -2.10. The van der Waals surface area contributed by atoms with Crippen molar-refractivity contribution in [2.75, 3.05) is 6.61 Å². The van der Waals surface area contributed by atoms with Crippen molar-refractivity contribution in [3.8, 4) is 5.75 Å². The molecule has 1 aromatic heterocycles. The van der Waals surface area contributed by atoms with Gasteiger partial charge < -0.3 is 15.2 Å². The molecule has 0 fully saturated rings. The van der Waals surface area contributed by atoms with Gasteiger partial charge in [-0.2, -0.15) is 0 Å². The van der Waals surface area contributed by atoms with Crippen LogP contribution in [0.2, 0.25) is 0 Å². The first-order valence-corrected chi connectivity index (χ1v) is 8.01. The summed E-state index contributed by atoms with van der Waals surface area (Å²) >= 11 is 1.19. The zero-order valence-corrected chi connectivity index (χ0v) is 13.7. The van der Waals surface area contributed by atoms with Crippen molar-refractivity contribution in [2.24, 2.45) is 0 Å². The highest BCUT2D eigenvalue weighted by molar-refractivity contribution is 7.09. The molecule has 1 heterocycles. The Hall–Kier alpha value is -2.41. The molecule has 2 rings (SSSR count). The van der Waals surface area contributed by atoms with Crippen LogP contribution in [0.5, 0.6) is 5.75 Å². The largest absolute Gasteiger partial charge is 0.484 e. The van der Waals surface area contributed by atoms with Crippen LogP contribution in [0, 0.1) is 0 Å². The Morgan fingerprint density at radius 3 is 2.83 bits per heavy atom. The van der Waals surface area contributed by atoms with Crippen LogP contribution in [0.15, 0.2) is 29.6 Å². The minimum absolute atomic E-state index is 0.0130. The number of nitrogens with zero attached hydrogens (tertiary/aromatic N) is 1. The Kier molecular flexibility index (Phi) is 5.70. The maximum absolute atomic E-state index is 11.8. The Labute approximate surface area is 138 Å². The lowest BCUT2D eigenvalue weighted by molar-refractivity contribution is -0.123.